The average molecular weight is 512 g/mol. The highest BCUT2D eigenvalue weighted by Crippen LogP contribution is 2.40. The maximum absolute atomic E-state index is 12.3. The van der Waals surface area contributed by atoms with Crippen molar-refractivity contribution in [1.29, 1.82) is 0 Å². The molecule has 7 heteroatoms. The van der Waals surface area contributed by atoms with Crippen LogP contribution in [0.2, 0.25) is 0 Å². The fourth-order valence-corrected chi connectivity index (χ4v) is 3.52. The Bertz CT molecular complexity index is 982. The van der Waals surface area contributed by atoms with E-state index in [0.717, 1.165) is 25.4 Å². The number of aromatic hydroxyl groups is 1. The van der Waals surface area contributed by atoms with Gasteiger partial charge in [-0.25, -0.2) is 0 Å². The van der Waals surface area contributed by atoms with Crippen molar-refractivity contribution in [1.82, 2.24) is 4.57 Å². The summed E-state index contributed by atoms with van der Waals surface area (Å²) in [7, 11) is 0. The molecule has 1 aromatic heterocycles. The Morgan fingerprint density at radius 2 is 2.08 bits per heavy atom. The minimum absolute atomic E-state index is 0.0224. The molecule has 2 aromatic carbocycles. The van der Waals surface area contributed by atoms with Gasteiger partial charge < -0.3 is 9.67 Å². The van der Waals surface area contributed by atoms with Crippen molar-refractivity contribution in [3.8, 4) is 5.88 Å². The van der Waals surface area contributed by atoms with Gasteiger partial charge in [0.1, 0.15) is 0 Å². The number of nitrogens with zero attached hydrogens (tertiary/aromatic N) is 3. The van der Waals surface area contributed by atoms with Crippen LogP contribution in [-0.4, -0.2) is 15.6 Å². The van der Waals surface area contributed by atoms with Gasteiger partial charge in [0.05, 0.1) is 5.52 Å². The number of hydrogen-bond donors (Lipinski definition) is 1. The van der Waals surface area contributed by atoms with E-state index in [-0.39, 0.29) is 5.88 Å². The molecule has 3 aromatic rings. The molecule has 0 fully saturated rings. The molecule has 1 N–H and O–H groups in total. The molecule has 0 aliphatic heterocycles. The van der Waals surface area contributed by atoms with Crippen LogP contribution in [0.4, 0.5) is 5.69 Å². The minimum atomic E-state index is -0.440. The molecule has 25 heavy (non-hydrogen) atoms. The molecule has 0 bridgehead atoms. The molecular weight excluding hydrogens is 497 g/mol. The van der Waals surface area contributed by atoms with Crippen LogP contribution in [0.25, 0.3) is 10.9 Å². The number of halogens is 2. The van der Waals surface area contributed by atoms with E-state index >= 15 is 0 Å². The molecule has 0 unspecified atom stereocenters. The highest BCUT2D eigenvalue weighted by atomic mass is 127. The Morgan fingerprint density at radius 1 is 1.28 bits per heavy atom. The summed E-state index contributed by atoms with van der Waals surface area (Å²) in [6.45, 7) is 2.69. The second-order valence-electron chi connectivity index (χ2n) is 5.50. The lowest BCUT2D eigenvalue weighted by Crippen LogP contribution is -1.95. The van der Waals surface area contributed by atoms with Gasteiger partial charge in [-0.2, -0.15) is 0 Å². The zero-order chi connectivity index (χ0) is 18.0. The first-order chi connectivity index (χ1) is 12.0. The largest absolute Gasteiger partial charge is 0.493 e. The second kappa shape index (κ2) is 7.65. The number of amides is 1. The first-order valence-electron chi connectivity index (χ1n) is 7.73. The van der Waals surface area contributed by atoms with Crippen molar-refractivity contribution in [3.05, 3.63) is 56.1 Å². The van der Waals surface area contributed by atoms with Crippen LogP contribution in [0.3, 0.4) is 0 Å². The quantitative estimate of drug-likeness (QED) is 0.342. The van der Waals surface area contributed by atoms with Crippen molar-refractivity contribution in [2.45, 2.75) is 19.9 Å². The topological polar surface area (TPSA) is 66.9 Å². The van der Waals surface area contributed by atoms with Gasteiger partial charge in [0, 0.05) is 25.5 Å². The van der Waals surface area contributed by atoms with E-state index < -0.39 is 5.91 Å². The molecule has 0 saturated carbocycles. The summed E-state index contributed by atoms with van der Waals surface area (Å²) in [6.07, 6.45) is 0.866. The van der Waals surface area contributed by atoms with Gasteiger partial charge in [-0.15, -0.1) is 10.2 Å². The number of aromatic nitrogens is 1. The highest BCUT2D eigenvalue weighted by molar-refractivity contribution is 14.1. The fraction of sp³-hybridized carbons (Fsp3) is 0.167. The van der Waals surface area contributed by atoms with Gasteiger partial charge in [-0.1, -0.05) is 28.9 Å². The fourth-order valence-electron chi connectivity index (χ4n) is 2.62. The second-order valence-corrected chi connectivity index (χ2v) is 7.66. The van der Waals surface area contributed by atoms with Crippen LogP contribution in [0.5, 0.6) is 5.88 Å². The maximum Gasteiger partial charge on any atom is 0.295 e. The summed E-state index contributed by atoms with van der Waals surface area (Å²) in [5.74, 6) is -0.418. The lowest BCUT2D eigenvalue weighted by Gasteiger charge is -2.03. The Labute approximate surface area is 167 Å². The zero-order valence-electron chi connectivity index (χ0n) is 13.4. The zero-order valence-corrected chi connectivity index (χ0v) is 17.2. The standard InChI is InChI=1S/C18H15BrIN3O2/c1-2-8-23-15-7-6-12(19)10-14(15)16(18(23)25)21-22-17(24)11-4-3-5-13(20)9-11/h3-7,9-10,25H,2,8H2,1H3. The number of benzene rings is 2. The van der Waals surface area contributed by atoms with Gasteiger partial charge in [-0.3, -0.25) is 4.79 Å². The molecule has 0 atom stereocenters. The number of aryl methyl sites for hydroxylation is 1. The van der Waals surface area contributed by atoms with Gasteiger partial charge in [0.2, 0.25) is 5.88 Å². The molecule has 5 nitrogen and oxygen atoms in total. The number of fused-ring (bicyclic) bond motifs is 1. The monoisotopic (exact) mass is 511 g/mol. The van der Waals surface area contributed by atoms with Crippen LogP contribution >= 0.6 is 38.5 Å². The lowest BCUT2D eigenvalue weighted by atomic mass is 10.2. The number of carbonyl (C=O) groups excluding carboxylic acids is 1. The van der Waals surface area contributed by atoms with Gasteiger partial charge in [0.25, 0.3) is 5.91 Å². The molecule has 3 rings (SSSR count). The Hall–Kier alpha value is -1.74. The van der Waals surface area contributed by atoms with Crippen molar-refractivity contribution in [2.24, 2.45) is 10.2 Å². The van der Waals surface area contributed by atoms with Crippen LogP contribution in [0.15, 0.2) is 57.2 Å². The normalized spacial score (nSPS) is 11.5. The van der Waals surface area contributed by atoms with E-state index in [1.165, 1.54) is 0 Å². The average Bonchev–Trinajstić information content (AvgIpc) is 2.84. The lowest BCUT2D eigenvalue weighted by molar-refractivity contribution is 0.0995. The molecular formula is C18H15BrIN3O2. The van der Waals surface area contributed by atoms with Crippen LogP contribution in [0.1, 0.15) is 23.7 Å². The van der Waals surface area contributed by atoms with Crippen LogP contribution in [-0.2, 0) is 6.54 Å². The first-order valence-corrected chi connectivity index (χ1v) is 9.60. The minimum Gasteiger partial charge on any atom is -0.493 e. The molecule has 0 radical (unpaired) electrons. The van der Waals surface area contributed by atoms with E-state index in [1.54, 1.807) is 22.8 Å². The summed E-state index contributed by atoms with van der Waals surface area (Å²) in [4.78, 5) is 12.3. The number of rotatable bonds is 4. The predicted molar refractivity (Wildman–Crippen MR) is 110 cm³/mol. The summed E-state index contributed by atoms with van der Waals surface area (Å²) in [5.41, 5.74) is 1.63. The number of hydrogen-bond acceptors (Lipinski definition) is 3. The van der Waals surface area contributed by atoms with Crippen molar-refractivity contribution in [2.75, 3.05) is 0 Å². The Balaban J connectivity index is 2.04. The summed E-state index contributed by atoms with van der Waals surface area (Å²) in [6, 6.07) is 12.8. The van der Waals surface area contributed by atoms with Gasteiger partial charge >= 0.3 is 0 Å². The van der Waals surface area contributed by atoms with E-state index in [1.807, 2.05) is 31.2 Å². The SMILES string of the molecule is CCCn1c(O)c(N=NC(=O)c2cccc(I)c2)c2cc(Br)ccc21. The molecule has 1 heterocycles. The third-order valence-electron chi connectivity index (χ3n) is 3.73. The van der Waals surface area contributed by atoms with E-state index in [4.69, 9.17) is 0 Å². The van der Waals surface area contributed by atoms with Crippen molar-refractivity contribution >= 4 is 61.0 Å². The summed E-state index contributed by atoms with van der Waals surface area (Å²) >= 11 is 5.57. The molecule has 0 saturated heterocycles. The molecule has 0 spiro atoms. The van der Waals surface area contributed by atoms with Crippen LogP contribution < -0.4 is 0 Å². The summed E-state index contributed by atoms with van der Waals surface area (Å²) < 4.78 is 3.60. The molecule has 0 aliphatic rings. The Morgan fingerprint density at radius 3 is 2.80 bits per heavy atom. The smallest absolute Gasteiger partial charge is 0.295 e. The van der Waals surface area contributed by atoms with Crippen LogP contribution in [0, 0.1) is 3.57 Å². The molecule has 1 amide bonds. The van der Waals surface area contributed by atoms with E-state index in [9.17, 15) is 9.90 Å². The number of carbonyl (C=O) groups is 1. The van der Waals surface area contributed by atoms with E-state index in [2.05, 4.69) is 48.7 Å². The third-order valence-corrected chi connectivity index (χ3v) is 4.90. The Kier molecular flexibility index (Phi) is 5.53. The maximum atomic E-state index is 12.3. The van der Waals surface area contributed by atoms with Gasteiger partial charge in [0.15, 0.2) is 5.69 Å². The third kappa shape index (κ3) is 3.77. The first kappa shape index (κ1) is 18.1. The van der Waals surface area contributed by atoms with Crippen molar-refractivity contribution < 1.29 is 9.90 Å². The summed E-state index contributed by atoms with van der Waals surface area (Å²) in [5, 5.41) is 19.2. The predicted octanol–water partition coefficient (Wildman–Crippen LogP) is 6.05. The molecule has 0 aliphatic carbocycles. The number of azo groups is 1. The van der Waals surface area contributed by atoms with E-state index in [0.29, 0.717) is 17.8 Å². The molecule has 128 valence electrons. The highest BCUT2D eigenvalue weighted by Gasteiger charge is 2.17. The van der Waals surface area contributed by atoms with Crippen molar-refractivity contribution in [3.63, 3.8) is 0 Å². The van der Waals surface area contributed by atoms with Gasteiger partial charge in [-0.05, 0) is 65.4 Å².